The molecule has 0 amide bonds. The number of carboxylic acid groups (broad SMARTS) is 1. The third kappa shape index (κ3) is 3.24. The number of aliphatic carboxylic acids is 1. The van der Waals surface area contributed by atoms with Gasteiger partial charge in [0.2, 0.25) is 0 Å². The van der Waals surface area contributed by atoms with Gasteiger partial charge in [-0.3, -0.25) is 4.90 Å². The molecule has 2 saturated heterocycles. The SMILES string of the molecule is O=C(O)/C=C/c1cc(F)cc(N2CCN3CCCC3C2)c1. The number of carboxylic acids is 1. The van der Waals surface area contributed by atoms with Crippen LogP contribution in [0.4, 0.5) is 10.1 Å². The van der Waals surface area contributed by atoms with Crippen molar-refractivity contribution in [3.8, 4) is 0 Å². The Morgan fingerprint density at radius 2 is 2.14 bits per heavy atom. The maximum absolute atomic E-state index is 13.8. The summed E-state index contributed by atoms with van der Waals surface area (Å²) >= 11 is 0. The number of hydrogen-bond donors (Lipinski definition) is 1. The summed E-state index contributed by atoms with van der Waals surface area (Å²) in [5, 5.41) is 8.67. The van der Waals surface area contributed by atoms with Crippen molar-refractivity contribution in [2.45, 2.75) is 18.9 Å². The minimum Gasteiger partial charge on any atom is -0.478 e. The molecule has 2 heterocycles. The van der Waals surface area contributed by atoms with Crippen LogP contribution in [-0.4, -0.2) is 48.2 Å². The van der Waals surface area contributed by atoms with Crippen LogP contribution < -0.4 is 4.90 Å². The van der Waals surface area contributed by atoms with Crippen LogP contribution >= 0.6 is 0 Å². The molecule has 2 fully saturated rings. The first-order valence-corrected chi connectivity index (χ1v) is 7.32. The highest BCUT2D eigenvalue weighted by Crippen LogP contribution is 2.27. The number of benzene rings is 1. The maximum atomic E-state index is 13.8. The average molecular weight is 290 g/mol. The van der Waals surface area contributed by atoms with Crippen molar-refractivity contribution in [2.24, 2.45) is 0 Å². The summed E-state index contributed by atoms with van der Waals surface area (Å²) in [5.41, 5.74) is 1.42. The van der Waals surface area contributed by atoms with Crippen LogP contribution in [0.25, 0.3) is 6.08 Å². The summed E-state index contributed by atoms with van der Waals surface area (Å²) < 4.78 is 13.8. The first-order chi connectivity index (χ1) is 10.1. The highest BCUT2D eigenvalue weighted by atomic mass is 19.1. The molecule has 0 saturated carbocycles. The van der Waals surface area contributed by atoms with Gasteiger partial charge in [0, 0.05) is 37.4 Å². The minimum atomic E-state index is -1.03. The van der Waals surface area contributed by atoms with Crippen LogP contribution in [0.1, 0.15) is 18.4 Å². The molecule has 1 aromatic carbocycles. The molecule has 1 aromatic rings. The van der Waals surface area contributed by atoms with Crippen molar-refractivity contribution >= 4 is 17.7 Å². The fraction of sp³-hybridized carbons (Fsp3) is 0.438. The van der Waals surface area contributed by atoms with E-state index in [9.17, 15) is 9.18 Å². The summed E-state index contributed by atoms with van der Waals surface area (Å²) in [6.45, 7) is 4.00. The molecule has 1 unspecified atom stereocenters. The Kier molecular flexibility index (Phi) is 3.92. The van der Waals surface area contributed by atoms with Crippen molar-refractivity contribution in [1.82, 2.24) is 4.90 Å². The summed E-state index contributed by atoms with van der Waals surface area (Å²) in [7, 11) is 0. The van der Waals surface area contributed by atoms with Gasteiger partial charge in [-0.05, 0) is 49.2 Å². The van der Waals surface area contributed by atoms with E-state index in [0.29, 0.717) is 11.6 Å². The molecule has 0 radical (unpaired) electrons. The highest BCUT2D eigenvalue weighted by molar-refractivity contribution is 5.85. The Morgan fingerprint density at radius 3 is 2.95 bits per heavy atom. The Balaban J connectivity index is 1.79. The van der Waals surface area contributed by atoms with Crippen molar-refractivity contribution in [3.05, 3.63) is 35.7 Å². The Bertz CT molecular complexity index is 573. The molecule has 2 aliphatic rings. The molecule has 3 rings (SSSR count). The topological polar surface area (TPSA) is 43.8 Å². The van der Waals surface area contributed by atoms with E-state index >= 15 is 0 Å². The molecule has 4 nitrogen and oxygen atoms in total. The van der Waals surface area contributed by atoms with Crippen molar-refractivity contribution < 1.29 is 14.3 Å². The standard InChI is InChI=1S/C16H19FN2O2/c17-13-8-12(3-4-16(20)21)9-15(10-13)19-7-6-18-5-1-2-14(18)11-19/h3-4,8-10,14H,1-2,5-7,11H2,(H,20,21)/b4-3+. The molecule has 0 aromatic heterocycles. The van der Waals surface area contributed by atoms with Crippen molar-refractivity contribution in [1.29, 1.82) is 0 Å². The van der Waals surface area contributed by atoms with Gasteiger partial charge in [-0.25, -0.2) is 9.18 Å². The predicted molar refractivity (Wildman–Crippen MR) is 79.9 cm³/mol. The number of rotatable bonds is 3. The van der Waals surface area contributed by atoms with Crippen LogP contribution in [0.2, 0.25) is 0 Å². The molecule has 0 aliphatic carbocycles. The van der Waals surface area contributed by atoms with E-state index in [0.717, 1.165) is 31.4 Å². The fourth-order valence-electron chi connectivity index (χ4n) is 3.27. The van der Waals surface area contributed by atoms with Gasteiger partial charge >= 0.3 is 5.97 Å². The lowest BCUT2D eigenvalue weighted by molar-refractivity contribution is -0.131. The van der Waals surface area contributed by atoms with E-state index in [4.69, 9.17) is 5.11 Å². The molecule has 0 spiro atoms. The lowest BCUT2D eigenvalue weighted by atomic mass is 10.1. The van der Waals surface area contributed by atoms with Gasteiger partial charge in [0.1, 0.15) is 5.82 Å². The first kappa shape index (κ1) is 14.1. The zero-order valence-corrected chi connectivity index (χ0v) is 11.8. The molecule has 5 heteroatoms. The molecule has 1 N–H and O–H groups in total. The lowest BCUT2D eigenvalue weighted by Gasteiger charge is -2.39. The predicted octanol–water partition coefficient (Wildman–Crippen LogP) is 2.21. The Labute approximate surface area is 123 Å². The van der Waals surface area contributed by atoms with Crippen LogP contribution in [0, 0.1) is 5.82 Å². The van der Waals surface area contributed by atoms with E-state index < -0.39 is 5.97 Å². The van der Waals surface area contributed by atoms with Crippen molar-refractivity contribution in [2.75, 3.05) is 31.1 Å². The Morgan fingerprint density at radius 1 is 1.29 bits per heavy atom. The molecule has 1 atom stereocenters. The maximum Gasteiger partial charge on any atom is 0.328 e. The third-order valence-corrected chi connectivity index (χ3v) is 4.28. The third-order valence-electron chi connectivity index (χ3n) is 4.28. The summed E-state index contributed by atoms with van der Waals surface area (Å²) in [6, 6.07) is 5.31. The van der Waals surface area contributed by atoms with Gasteiger partial charge in [-0.15, -0.1) is 0 Å². The van der Waals surface area contributed by atoms with Crippen LogP contribution in [0.15, 0.2) is 24.3 Å². The largest absolute Gasteiger partial charge is 0.478 e. The molecular weight excluding hydrogens is 271 g/mol. The molecule has 112 valence electrons. The van der Waals surface area contributed by atoms with Gasteiger partial charge in [-0.1, -0.05) is 0 Å². The molecule has 0 bridgehead atoms. The zero-order valence-electron chi connectivity index (χ0n) is 11.8. The second kappa shape index (κ2) is 5.85. The fourth-order valence-corrected chi connectivity index (χ4v) is 3.27. The lowest BCUT2D eigenvalue weighted by Crippen LogP contribution is -2.50. The number of carbonyl (C=O) groups is 1. The van der Waals surface area contributed by atoms with Crippen LogP contribution in [-0.2, 0) is 4.79 Å². The van der Waals surface area contributed by atoms with Crippen LogP contribution in [0.5, 0.6) is 0 Å². The second-order valence-corrected chi connectivity index (χ2v) is 5.69. The average Bonchev–Trinajstić information content (AvgIpc) is 2.92. The number of piperazine rings is 1. The van der Waals surface area contributed by atoms with Gasteiger partial charge < -0.3 is 10.0 Å². The number of hydrogen-bond acceptors (Lipinski definition) is 3. The quantitative estimate of drug-likeness (QED) is 0.867. The number of anilines is 1. The monoisotopic (exact) mass is 290 g/mol. The zero-order chi connectivity index (χ0) is 14.8. The Hall–Kier alpha value is -1.88. The highest BCUT2D eigenvalue weighted by Gasteiger charge is 2.30. The number of halogens is 1. The van der Waals surface area contributed by atoms with Crippen LogP contribution in [0.3, 0.4) is 0 Å². The molecular formula is C16H19FN2O2. The van der Waals surface area contributed by atoms with Crippen molar-refractivity contribution in [3.63, 3.8) is 0 Å². The van der Waals surface area contributed by atoms with E-state index in [1.165, 1.54) is 37.6 Å². The molecule has 2 aliphatic heterocycles. The number of nitrogens with zero attached hydrogens (tertiary/aromatic N) is 2. The summed E-state index contributed by atoms with van der Waals surface area (Å²) in [6.07, 6.45) is 4.92. The van der Waals surface area contributed by atoms with E-state index in [2.05, 4.69) is 9.80 Å². The summed E-state index contributed by atoms with van der Waals surface area (Å²) in [5.74, 6) is -1.35. The van der Waals surface area contributed by atoms with Gasteiger partial charge in [0.25, 0.3) is 0 Å². The molecule has 21 heavy (non-hydrogen) atoms. The van der Waals surface area contributed by atoms with E-state index in [-0.39, 0.29) is 5.82 Å². The van der Waals surface area contributed by atoms with E-state index in [1.54, 1.807) is 0 Å². The first-order valence-electron chi connectivity index (χ1n) is 7.32. The van der Waals surface area contributed by atoms with E-state index in [1.807, 2.05) is 6.07 Å². The van der Waals surface area contributed by atoms with Gasteiger partial charge in [0.05, 0.1) is 0 Å². The minimum absolute atomic E-state index is 0.327. The van der Waals surface area contributed by atoms with Gasteiger partial charge in [-0.2, -0.15) is 0 Å². The second-order valence-electron chi connectivity index (χ2n) is 5.69. The number of fused-ring (bicyclic) bond motifs is 1. The normalized spacial score (nSPS) is 22.7. The summed E-state index contributed by atoms with van der Waals surface area (Å²) in [4.78, 5) is 15.3. The smallest absolute Gasteiger partial charge is 0.328 e. The van der Waals surface area contributed by atoms with Gasteiger partial charge in [0.15, 0.2) is 0 Å².